The van der Waals surface area contributed by atoms with Crippen molar-refractivity contribution in [1.82, 2.24) is 29.9 Å². The van der Waals surface area contributed by atoms with Gasteiger partial charge < -0.3 is 35.2 Å². The second kappa shape index (κ2) is 19.6. The molecule has 4 heterocycles. The van der Waals surface area contributed by atoms with Crippen molar-refractivity contribution in [3.05, 3.63) is 82.8 Å². The van der Waals surface area contributed by atoms with Crippen LogP contribution in [0.5, 0.6) is 0 Å². The molecule has 17 heteroatoms. The van der Waals surface area contributed by atoms with E-state index in [1.807, 2.05) is 16.9 Å². The predicted octanol–water partition coefficient (Wildman–Crippen LogP) is 6.24. The van der Waals surface area contributed by atoms with Crippen molar-refractivity contribution in [2.45, 2.75) is 89.1 Å². The van der Waals surface area contributed by atoms with Crippen LogP contribution < -0.4 is 15.5 Å². The smallest absolute Gasteiger partial charge is 0.386 e. The number of rotatable bonds is 16. The second-order valence-corrected chi connectivity index (χ2v) is 16.9. The Balaban J connectivity index is 0.987. The molecular weight excluding hydrogens is 806 g/mol. The Bertz CT molecular complexity index is 2260. The van der Waals surface area contributed by atoms with Crippen LogP contribution in [0.4, 0.5) is 24.5 Å². The molecule has 3 N–H and O–H groups in total. The highest BCUT2D eigenvalue weighted by molar-refractivity contribution is 6.05. The topological polar surface area (TPSA) is 170 Å². The van der Waals surface area contributed by atoms with Crippen LogP contribution in [0.2, 0.25) is 0 Å². The zero-order chi connectivity index (χ0) is 44.8. The molecule has 3 amide bonds. The number of halogens is 3. The number of nitrogens with one attached hydrogen (secondary N) is 2. The van der Waals surface area contributed by atoms with Gasteiger partial charge in [-0.2, -0.15) is 18.3 Å². The molecule has 0 bridgehead atoms. The summed E-state index contributed by atoms with van der Waals surface area (Å²) in [6.45, 7) is 7.58. The van der Waals surface area contributed by atoms with Crippen molar-refractivity contribution in [2.24, 2.45) is 5.92 Å². The summed E-state index contributed by atoms with van der Waals surface area (Å²) in [5, 5.41) is 21.7. The van der Waals surface area contributed by atoms with Crippen molar-refractivity contribution in [1.29, 1.82) is 0 Å². The van der Waals surface area contributed by atoms with Crippen LogP contribution in [0.15, 0.2) is 54.7 Å². The first kappa shape index (κ1) is 45.8. The van der Waals surface area contributed by atoms with Crippen LogP contribution in [0.25, 0.3) is 10.9 Å². The van der Waals surface area contributed by atoms with Gasteiger partial charge in [0.2, 0.25) is 5.91 Å². The molecule has 2 aromatic heterocycles. The van der Waals surface area contributed by atoms with E-state index in [9.17, 15) is 42.3 Å². The number of alkyl halides is 3. The normalized spacial score (nSPS) is 16.2. The molecule has 62 heavy (non-hydrogen) atoms. The van der Waals surface area contributed by atoms with E-state index < -0.39 is 41.0 Å². The van der Waals surface area contributed by atoms with Gasteiger partial charge in [0.15, 0.2) is 6.29 Å². The number of amides is 3. The summed E-state index contributed by atoms with van der Waals surface area (Å²) in [7, 11) is 3.02. The van der Waals surface area contributed by atoms with Crippen molar-refractivity contribution < 1.29 is 42.3 Å². The molecule has 2 aromatic carbocycles. The summed E-state index contributed by atoms with van der Waals surface area (Å²) in [6.07, 6.45) is 4.74. The van der Waals surface area contributed by atoms with Crippen LogP contribution in [0.3, 0.4) is 0 Å². The molecule has 2 aliphatic heterocycles. The lowest BCUT2D eigenvalue weighted by Gasteiger charge is -2.35. The molecule has 0 radical (unpaired) electrons. The molecule has 1 unspecified atom stereocenters. The minimum atomic E-state index is -4.70. The third kappa shape index (κ3) is 11.0. The Kier molecular flexibility index (Phi) is 14.5. The van der Waals surface area contributed by atoms with Gasteiger partial charge in [0, 0.05) is 80.8 Å². The van der Waals surface area contributed by atoms with E-state index in [-0.39, 0.29) is 41.6 Å². The van der Waals surface area contributed by atoms with Gasteiger partial charge in [-0.15, -0.1) is 0 Å². The fraction of sp³-hybridized carbons (Fsp3) is 0.489. The third-order valence-corrected chi connectivity index (χ3v) is 12.2. The number of hydrogen-bond acceptors (Lipinski definition) is 10. The minimum Gasteiger partial charge on any atom is -0.386 e. The number of anilines is 2. The highest BCUT2D eigenvalue weighted by Gasteiger charge is 2.33. The number of aromatic nitrogens is 3. The van der Waals surface area contributed by atoms with Crippen molar-refractivity contribution in [3.8, 4) is 0 Å². The van der Waals surface area contributed by atoms with E-state index in [1.54, 1.807) is 38.1 Å². The number of pyridine rings is 1. The zero-order valence-electron chi connectivity index (χ0n) is 35.6. The number of aliphatic hydroxyl groups is 1. The summed E-state index contributed by atoms with van der Waals surface area (Å²) >= 11 is 0. The number of carbonyl (C=O) groups excluding carboxylic acids is 5. The Labute approximate surface area is 358 Å². The van der Waals surface area contributed by atoms with Gasteiger partial charge in [0.25, 0.3) is 11.8 Å². The molecule has 2 fully saturated rings. The summed E-state index contributed by atoms with van der Waals surface area (Å²) in [6, 6.07) is 11.1. The molecule has 0 saturated carbocycles. The standard InChI is InChI=1S/C45H55F3N8O6/c1-44(2,62)36-25-38-31(23-39(36)51-42(60)37-8-5-9-40(50-37)45(46,47)48)26-56(52-38)32-16-19-54(20-17-32)18-6-7-29-14-21-55(22-15-29)33-11-10-30(27-57)35(24-33)43(61)53(4)34(28-58)12-13-41(59)49-3/h5,8-11,23-29,32,34,62H,6-7,12-22H2,1-4H3,(H,49,59)(H,51,60). The first-order chi connectivity index (χ1) is 29.5. The lowest BCUT2D eigenvalue weighted by Crippen LogP contribution is -2.39. The molecule has 4 aromatic rings. The van der Waals surface area contributed by atoms with Gasteiger partial charge in [-0.1, -0.05) is 6.07 Å². The van der Waals surface area contributed by atoms with Gasteiger partial charge in [-0.05, 0) is 114 Å². The average Bonchev–Trinajstić information content (AvgIpc) is 3.68. The van der Waals surface area contributed by atoms with E-state index in [4.69, 9.17) is 5.10 Å². The fourth-order valence-corrected chi connectivity index (χ4v) is 8.41. The van der Waals surface area contributed by atoms with Crippen LogP contribution >= 0.6 is 0 Å². The number of benzene rings is 2. The number of likely N-dealkylation sites (N-methyl/N-ethyl adjacent to an activating group) is 1. The quantitative estimate of drug-likeness (QED) is 0.110. The van der Waals surface area contributed by atoms with Gasteiger partial charge in [-0.25, -0.2) is 4.98 Å². The summed E-state index contributed by atoms with van der Waals surface area (Å²) in [4.78, 5) is 71.5. The maximum atomic E-state index is 13.5. The summed E-state index contributed by atoms with van der Waals surface area (Å²) < 4.78 is 41.7. The van der Waals surface area contributed by atoms with Crippen LogP contribution in [-0.4, -0.2) is 113 Å². The Morgan fingerprint density at radius 1 is 1.00 bits per heavy atom. The number of likely N-dealkylation sites (tertiary alicyclic amines) is 1. The number of fused-ring (bicyclic) bond motifs is 1. The van der Waals surface area contributed by atoms with Crippen LogP contribution in [0.1, 0.15) is 114 Å². The Morgan fingerprint density at radius 3 is 2.37 bits per heavy atom. The summed E-state index contributed by atoms with van der Waals surface area (Å²) in [5.74, 6) is -0.933. The van der Waals surface area contributed by atoms with Gasteiger partial charge >= 0.3 is 6.18 Å². The number of nitrogens with zero attached hydrogens (tertiary/aromatic N) is 6. The largest absolute Gasteiger partial charge is 0.433 e. The van der Waals surface area contributed by atoms with Gasteiger partial charge in [0.05, 0.1) is 28.8 Å². The molecule has 6 rings (SSSR count). The first-order valence-electron chi connectivity index (χ1n) is 21.1. The molecule has 332 valence electrons. The first-order valence-corrected chi connectivity index (χ1v) is 21.1. The van der Waals surface area contributed by atoms with Crippen LogP contribution in [0, 0.1) is 5.92 Å². The van der Waals surface area contributed by atoms with Crippen molar-refractivity contribution in [3.63, 3.8) is 0 Å². The van der Waals surface area contributed by atoms with Crippen molar-refractivity contribution >= 4 is 52.6 Å². The molecule has 2 saturated heterocycles. The van der Waals surface area contributed by atoms with E-state index in [1.165, 1.54) is 25.1 Å². The van der Waals surface area contributed by atoms with Gasteiger partial charge in [0.1, 0.15) is 17.7 Å². The molecule has 14 nitrogen and oxygen atoms in total. The predicted molar refractivity (Wildman–Crippen MR) is 228 cm³/mol. The highest BCUT2D eigenvalue weighted by atomic mass is 19.4. The molecule has 2 aliphatic rings. The van der Waals surface area contributed by atoms with E-state index >= 15 is 0 Å². The van der Waals surface area contributed by atoms with Gasteiger partial charge in [-0.3, -0.25) is 23.9 Å². The Hall–Kier alpha value is -5.68. The SMILES string of the molecule is CNC(=O)CCC(C=O)N(C)C(=O)c1cc(N2CCC(CCCN3CCC(n4cc5cc(NC(=O)c6cccc(C(F)(F)F)n6)c(C(C)(C)O)cc5n4)CC3)CC2)ccc1C=O. The van der Waals surface area contributed by atoms with Crippen LogP contribution in [-0.2, 0) is 21.4 Å². The van der Waals surface area contributed by atoms with Crippen molar-refractivity contribution in [2.75, 3.05) is 57.0 Å². The fourth-order valence-electron chi connectivity index (χ4n) is 8.41. The number of hydrogen-bond donors (Lipinski definition) is 3. The van der Waals surface area contributed by atoms with E-state index in [0.717, 1.165) is 94.5 Å². The maximum absolute atomic E-state index is 13.5. The zero-order valence-corrected chi connectivity index (χ0v) is 35.6. The Morgan fingerprint density at radius 2 is 1.73 bits per heavy atom. The van der Waals surface area contributed by atoms with E-state index in [2.05, 4.69) is 25.4 Å². The third-order valence-electron chi connectivity index (χ3n) is 12.2. The highest BCUT2D eigenvalue weighted by Crippen LogP contribution is 2.35. The maximum Gasteiger partial charge on any atom is 0.433 e. The monoisotopic (exact) mass is 860 g/mol. The lowest BCUT2D eigenvalue weighted by molar-refractivity contribution is -0.141. The lowest BCUT2D eigenvalue weighted by atomic mass is 9.91. The number of carbonyl (C=O) groups is 5. The minimum absolute atomic E-state index is 0.0942. The number of aldehydes is 2. The van der Waals surface area contributed by atoms with E-state index in [0.29, 0.717) is 29.6 Å². The molecule has 0 aliphatic carbocycles. The molecule has 0 spiro atoms. The molecular formula is C45H55F3N8O6. The molecule has 1 atom stereocenters. The average molecular weight is 861 g/mol. The summed E-state index contributed by atoms with van der Waals surface area (Å²) in [5.41, 5.74) is -0.375. The second-order valence-electron chi connectivity index (χ2n) is 16.9. The number of piperidine rings is 2.